The number of nitroso groups, excluding NO2 is 2. The molecule has 0 spiro atoms. The highest BCUT2D eigenvalue weighted by atomic mass is 16.3. The Kier molecular flexibility index (Phi) is 17.6. The molecule has 130 valence electrons. The Bertz CT molecular complexity index is 247. The Balaban J connectivity index is 3.31. The Morgan fingerprint density at radius 1 is 0.636 bits per heavy atom. The average molecular weight is 312 g/mol. The smallest absolute Gasteiger partial charge is 0.0919 e. The molecule has 0 radical (unpaired) electrons. The zero-order chi connectivity index (χ0) is 16.3. The fourth-order valence-corrected chi connectivity index (χ4v) is 2.85. The summed E-state index contributed by atoms with van der Waals surface area (Å²) in [5.74, 6) is 0. The first-order chi connectivity index (χ1) is 10.8. The second-order valence-corrected chi connectivity index (χ2v) is 6.43. The predicted octanol–water partition coefficient (Wildman–Crippen LogP) is 6.76. The monoisotopic (exact) mass is 312 g/mol. The molecule has 4 heteroatoms. The minimum Gasteiger partial charge on any atom is -0.151 e. The quantitative estimate of drug-likeness (QED) is 0.207. The van der Waals surface area contributed by atoms with Crippen LogP contribution in [0.2, 0.25) is 0 Å². The Morgan fingerprint density at radius 2 is 1.09 bits per heavy atom. The van der Waals surface area contributed by atoms with Crippen LogP contribution in [0.15, 0.2) is 10.4 Å². The van der Waals surface area contributed by atoms with Crippen molar-refractivity contribution in [3.05, 3.63) is 9.81 Å². The maximum absolute atomic E-state index is 10.9. The van der Waals surface area contributed by atoms with Gasteiger partial charge in [0.1, 0.15) is 0 Å². The molecule has 0 aliphatic carbocycles. The second-order valence-electron chi connectivity index (χ2n) is 6.43. The number of unbranched alkanes of at least 4 members (excludes halogenated alkanes) is 11. The standard InChI is InChI=1S/C18H36N2O2/c1-2-3-4-5-9-12-15-18(20-22)16-13-10-7-6-8-11-14-17-19-21/h18H,2-17H2,1H3. The first-order valence-corrected chi connectivity index (χ1v) is 9.46. The van der Waals surface area contributed by atoms with Crippen LogP contribution in [0.5, 0.6) is 0 Å². The fourth-order valence-electron chi connectivity index (χ4n) is 2.85. The molecule has 1 atom stereocenters. The molecule has 0 aliphatic rings. The molecule has 0 heterocycles. The van der Waals surface area contributed by atoms with Gasteiger partial charge >= 0.3 is 0 Å². The minimum absolute atomic E-state index is 0.0461. The SMILES string of the molecule is CCCCCCCCC(CCCCCCCCCN=O)N=O. The van der Waals surface area contributed by atoms with Crippen molar-refractivity contribution in [1.82, 2.24) is 0 Å². The number of hydrogen-bond acceptors (Lipinski definition) is 4. The van der Waals surface area contributed by atoms with Crippen molar-refractivity contribution in [2.45, 2.75) is 109 Å². The predicted molar refractivity (Wildman–Crippen MR) is 95.2 cm³/mol. The van der Waals surface area contributed by atoms with Crippen molar-refractivity contribution in [1.29, 1.82) is 0 Å². The Hall–Kier alpha value is -0.800. The molecule has 0 aliphatic heterocycles. The van der Waals surface area contributed by atoms with Gasteiger partial charge in [-0.3, -0.25) is 0 Å². The van der Waals surface area contributed by atoms with E-state index >= 15 is 0 Å². The summed E-state index contributed by atoms with van der Waals surface area (Å²) in [4.78, 5) is 20.8. The van der Waals surface area contributed by atoms with E-state index in [1.165, 1.54) is 57.8 Å². The topological polar surface area (TPSA) is 58.9 Å². The van der Waals surface area contributed by atoms with Gasteiger partial charge in [0.2, 0.25) is 0 Å². The summed E-state index contributed by atoms with van der Waals surface area (Å²) in [5, 5.41) is 6.17. The lowest BCUT2D eigenvalue weighted by atomic mass is 10.0. The van der Waals surface area contributed by atoms with Crippen molar-refractivity contribution in [3.8, 4) is 0 Å². The molecule has 0 saturated carbocycles. The molecule has 0 fully saturated rings. The van der Waals surface area contributed by atoms with E-state index < -0.39 is 0 Å². The van der Waals surface area contributed by atoms with Gasteiger partial charge in [-0.05, 0) is 19.3 Å². The summed E-state index contributed by atoms with van der Waals surface area (Å²) in [6.07, 6.45) is 17.6. The lowest BCUT2D eigenvalue weighted by molar-refractivity contribution is 0.482. The fraction of sp³-hybridized carbons (Fsp3) is 1.00. The van der Waals surface area contributed by atoms with E-state index in [4.69, 9.17) is 0 Å². The normalized spacial score (nSPS) is 12.2. The van der Waals surface area contributed by atoms with E-state index in [9.17, 15) is 9.81 Å². The molecule has 0 rings (SSSR count). The zero-order valence-corrected chi connectivity index (χ0v) is 14.6. The third-order valence-electron chi connectivity index (χ3n) is 4.33. The Morgan fingerprint density at radius 3 is 1.55 bits per heavy atom. The van der Waals surface area contributed by atoms with E-state index in [1.54, 1.807) is 0 Å². The zero-order valence-electron chi connectivity index (χ0n) is 14.6. The minimum atomic E-state index is 0.0461. The molecule has 4 nitrogen and oxygen atoms in total. The van der Waals surface area contributed by atoms with Gasteiger partial charge in [0.05, 0.1) is 12.6 Å². The van der Waals surface area contributed by atoms with Gasteiger partial charge in [0, 0.05) is 0 Å². The van der Waals surface area contributed by atoms with Crippen molar-refractivity contribution in [3.63, 3.8) is 0 Å². The molecule has 0 amide bonds. The van der Waals surface area contributed by atoms with Crippen LogP contribution in [0.3, 0.4) is 0 Å². The summed E-state index contributed by atoms with van der Waals surface area (Å²) >= 11 is 0. The molecule has 0 bridgehead atoms. The van der Waals surface area contributed by atoms with Crippen LogP contribution in [0, 0.1) is 9.81 Å². The summed E-state index contributed by atoms with van der Waals surface area (Å²) in [5.41, 5.74) is 0. The van der Waals surface area contributed by atoms with Crippen LogP contribution in [-0.2, 0) is 0 Å². The van der Waals surface area contributed by atoms with E-state index in [2.05, 4.69) is 17.3 Å². The summed E-state index contributed by atoms with van der Waals surface area (Å²) < 4.78 is 0. The van der Waals surface area contributed by atoms with Crippen LogP contribution in [0.4, 0.5) is 0 Å². The maximum Gasteiger partial charge on any atom is 0.0919 e. The highest BCUT2D eigenvalue weighted by molar-refractivity contribution is 4.66. The van der Waals surface area contributed by atoms with Gasteiger partial charge in [0.25, 0.3) is 0 Å². The molecule has 0 N–H and O–H groups in total. The molecule has 1 unspecified atom stereocenters. The highest BCUT2D eigenvalue weighted by Crippen LogP contribution is 2.16. The highest BCUT2D eigenvalue weighted by Gasteiger charge is 2.07. The van der Waals surface area contributed by atoms with Crippen LogP contribution in [-0.4, -0.2) is 12.6 Å². The van der Waals surface area contributed by atoms with Crippen LogP contribution >= 0.6 is 0 Å². The first kappa shape index (κ1) is 21.2. The van der Waals surface area contributed by atoms with Gasteiger partial charge in [0.15, 0.2) is 0 Å². The molecule has 0 aromatic carbocycles. The van der Waals surface area contributed by atoms with Crippen molar-refractivity contribution < 1.29 is 0 Å². The van der Waals surface area contributed by atoms with Crippen LogP contribution in [0.25, 0.3) is 0 Å². The second kappa shape index (κ2) is 18.2. The average Bonchev–Trinajstić information content (AvgIpc) is 2.54. The van der Waals surface area contributed by atoms with E-state index in [0.29, 0.717) is 6.54 Å². The molecule has 0 aromatic rings. The number of nitrogens with zero attached hydrogens (tertiary/aromatic N) is 2. The summed E-state index contributed by atoms with van der Waals surface area (Å²) in [6, 6.07) is 0.0461. The summed E-state index contributed by atoms with van der Waals surface area (Å²) in [7, 11) is 0. The molecule has 0 saturated heterocycles. The van der Waals surface area contributed by atoms with Gasteiger partial charge in [-0.15, -0.1) is 0 Å². The van der Waals surface area contributed by atoms with Gasteiger partial charge in [-0.1, -0.05) is 94.3 Å². The van der Waals surface area contributed by atoms with Gasteiger partial charge < -0.3 is 0 Å². The van der Waals surface area contributed by atoms with Crippen LogP contribution in [0.1, 0.15) is 103 Å². The van der Waals surface area contributed by atoms with E-state index in [1.807, 2.05) is 0 Å². The molecular formula is C18H36N2O2. The molecular weight excluding hydrogens is 276 g/mol. The van der Waals surface area contributed by atoms with Crippen molar-refractivity contribution >= 4 is 0 Å². The summed E-state index contributed by atoms with van der Waals surface area (Å²) in [6.45, 7) is 2.69. The molecule has 0 aromatic heterocycles. The maximum atomic E-state index is 10.9. The number of rotatable bonds is 18. The van der Waals surface area contributed by atoms with Crippen LogP contribution < -0.4 is 0 Å². The van der Waals surface area contributed by atoms with Crippen molar-refractivity contribution in [2.75, 3.05) is 6.54 Å². The molecule has 22 heavy (non-hydrogen) atoms. The van der Waals surface area contributed by atoms with E-state index in [-0.39, 0.29) is 6.04 Å². The lowest BCUT2D eigenvalue weighted by Gasteiger charge is -2.08. The van der Waals surface area contributed by atoms with Gasteiger partial charge in [-0.25, -0.2) is 0 Å². The number of hydrogen-bond donors (Lipinski definition) is 0. The third kappa shape index (κ3) is 15.6. The lowest BCUT2D eigenvalue weighted by Crippen LogP contribution is -2.03. The Labute approximate surface area is 136 Å². The largest absolute Gasteiger partial charge is 0.151 e. The van der Waals surface area contributed by atoms with Gasteiger partial charge in [-0.2, -0.15) is 9.81 Å². The third-order valence-corrected chi connectivity index (χ3v) is 4.33. The van der Waals surface area contributed by atoms with E-state index in [0.717, 1.165) is 38.5 Å². The first-order valence-electron chi connectivity index (χ1n) is 9.46. The van der Waals surface area contributed by atoms with Crippen molar-refractivity contribution in [2.24, 2.45) is 10.4 Å².